The number of halogens is 1. The number of amides is 1. The highest BCUT2D eigenvalue weighted by atomic mass is 35.5. The molecule has 1 saturated heterocycles. The smallest absolute Gasteiger partial charge is 0.267 e. The second kappa shape index (κ2) is 7.61. The van der Waals surface area contributed by atoms with E-state index in [4.69, 9.17) is 16.3 Å². The van der Waals surface area contributed by atoms with Gasteiger partial charge < -0.3 is 10.1 Å². The molecule has 5 nitrogen and oxygen atoms in total. The molecule has 128 valence electrons. The topological polar surface area (TPSA) is 54.5 Å². The number of hydrogen-bond donors (Lipinski definition) is 1. The van der Waals surface area contributed by atoms with Gasteiger partial charge in [0, 0.05) is 23.8 Å². The molecule has 2 aromatic rings. The molecule has 1 aliphatic heterocycles. The lowest BCUT2D eigenvalue weighted by atomic mass is 10.2. The molecule has 1 N–H and O–H groups in total. The molecule has 1 aromatic carbocycles. The van der Waals surface area contributed by atoms with Crippen LogP contribution in [0.4, 0.5) is 5.69 Å². The van der Waals surface area contributed by atoms with Crippen molar-refractivity contribution in [1.82, 2.24) is 9.88 Å². The minimum absolute atomic E-state index is 0.141. The number of ether oxygens (including phenoxy) is 1. The van der Waals surface area contributed by atoms with E-state index in [-0.39, 0.29) is 5.91 Å². The van der Waals surface area contributed by atoms with E-state index in [2.05, 4.69) is 15.2 Å². The summed E-state index contributed by atoms with van der Waals surface area (Å²) >= 11 is 7.56. The van der Waals surface area contributed by atoms with Gasteiger partial charge in [-0.05, 0) is 31.5 Å². The van der Waals surface area contributed by atoms with Crippen LogP contribution >= 0.6 is 22.9 Å². The van der Waals surface area contributed by atoms with Crippen molar-refractivity contribution in [3.63, 3.8) is 0 Å². The number of carbonyl (C=O) groups is 1. The van der Waals surface area contributed by atoms with Crippen molar-refractivity contribution in [3.05, 3.63) is 44.4 Å². The van der Waals surface area contributed by atoms with Gasteiger partial charge in [0.05, 0.1) is 25.5 Å². The zero-order chi connectivity index (χ0) is 17.1. The van der Waals surface area contributed by atoms with Gasteiger partial charge >= 0.3 is 0 Å². The molecule has 7 heteroatoms. The van der Waals surface area contributed by atoms with Gasteiger partial charge in [0.15, 0.2) is 0 Å². The molecule has 24 heavy (non-hydrogen) atoms. The Kier molecular flexibility index (Phi) is 5.50. The molecular weight excluding hydrogens is 346 g/mol. The van der Waals surface area contributed by atoms with Crippen LogP contribution in [-0.4, -0.2) is 42.1 Å². The minimum Gasteiger partial charge on any atom is -0.379 e. The summed E-state index contributed by atoms with van der Waals surface area (Å²) in [6, 6.07) is 5.51. The number of hydrogen-bond acceptors (Lipinski definition) is 5. The Morgan fingerprint density at radius 3 is 2.83 bits per heavy atom. The molecule has 1 aromatic heterocycles. The average Bonchev–Trinajstić information content (AvgIpc) is 2.92. The fourth-order valence-electron chi connectivity index (χ4n) is 2.54. The number of benzene rings is 1. The number of thiazole rings is 1. The van der Waals surface area contributed by atoms with E-state index in [0.29, 0.717) is 15.6 Å². The Hall–Kier alpha value is -1.47. The molecule has 0 atom stereocenters. The first-order valence-corrected chi connectivity index (χ1v) is 9.06. The lowest BCUT2D eigenvalue weighted by molar-refractivity contribution is 0.0341. The predicted molar refractivity (Wildman–Crippen MR) is 97.1 cm³/mol. The maximum Gasteiger partial charge on any atom is 0.267 e. The summed E-state index contributed by atoms with van der Waals surface area (Å²) in [5.74, 6) is -0.141. The van der Waals surface area contributed by atoms with E-state index in [1.54, 1.807) is 6.07 Å². The second-order valence-electron chi connectivity index (χ2n) is 5.83. The number of morpholine rings is 1. The van der Waals surface area contributed by atoms with E-state index in [9.17, 15) is 4.79 Å². The number of anilines is 1. The molecule has 0 bridgehead atoms. The SMILES string of the molecule is Cc1ccc(NC(=O)c2sc(CN3CCOCC3)nc2C)cc1Cl. The Morgan fingerprint density at radius 1 is 1.38 bits per heavy atom. The van der Waals surface area contributed by atoms with Crippen LogP contribution < -0.4 is 5.32 Å². The van der Waals surface area contributed by atoms with Crippen LogP contribution in [-0.2, 0) is 11.3 Å². The summed E-state index contributed by atoms with van der Waals surface area (Å²) in [6.45, 7) is 7.88. The molecular formula is C17H20ClN3O2S. The summed E-state index contributed by atoms with van der Waals surface area (Å²) < 4.78 is 5.36. The second-order valence-corrected chi connectivity index (χ2v) is 7.32. The standard InChI is InChI=1S/C17H20ClN3O2S/c1-11-3-4-13(9-14(11)18)20-17(22)16-12(2)19-15(24-16)10-21-5-7-23-8-6-21/h3-4,9H,5-8,10H2,1-2H3,(H,20,22). The van der Waals surface area contributed by atoms with E-state index in [1.807, 2.05) is 26.0 Å². The summed E-state index contributed by atoms with van der Waals surface area (Å²) in [7, 11) is 0. The first-order chi connectivity index (χ1) is 11.5. The number of nitrogens with zero attached hydrogens (tertiary/aromatic N) is 2. The fourth-order valence-corrected chi connectivity index (χ4v) is 3.72. The van der Waals surface area contributed by atoms with Crippen molar-refractivity contribution >= 4 is 34.5 Å². The Labute approximate surface area is 150 Å². The van der Waals surface area contributed by atoms with Crippen LogP contribution in [0.5, 0.6) is 0 Å². The number of aryl methyl sites for hydroxylation is 2. The van der Waals surface area contributed by atoms with Crippen LogP contribution in [0.25, 0.3) is 0 Å². The molecule has 0 saturated carbocycles. The van der Waals surface area contributed by atoms with Gasteiger partial charge in [0.25, 0.3) is 5.91 Å². The minimum atomic E-state index is -0.141. The van der Waals surface area contributed by atoms with Gasteiger partial charge in [0.1, 0.15) is 9.88 Å². The van der Waals surface area contributed by atoms with E-state index in [0.717, 1.165) is 49.1 Å². The van der Waals surface area contributed by atoms with Gasteiger partial charge in [-0.3, -0.25) is 9.69 Å². The number of nitrogens with one attached hydrogen (secondary N) is 1. The first kappa shape index (κ1) is 17.4. The predicted octanol–water partition coefficient (Wildman–Crippen LogP) is 3.50. The Bertz CT molecular complexity index is 741. The highest BCUT2D eigenvalue weighted by Gasteiger charge is 2.18. The molecule has 1 fully saturated rings. The van der Waals surface area contributed by atoms with Crippen molar-refractivity contribution in [1.29, 1.82) is 0 Å². The summed E-state index contributed by atoms with van der Waals surface area (Å²) in [5.41, 5.74) is 2.44. The monoisotopic (exact) mass is 365 g/mol. The largest absolute Gasteiger partial charge is 0.379 e. The zero-order valence-corrected chi connectivity index (χ0v) is 15.3. The Balaban J connectivity index is 1.69. The molecule has 0 unspecified atom stereocenters. The van der Waals surface area contributed by atoms with Crippen molar-refractivity contribution in [3.8, 4) is 0 Å². The highest BCUT2D eigenvalue weighted by molar-refractivity contribution is 7.13. The molecule has 1 amide bonds. The highest BCUT2D eigenvalue weighted by Crippen LogP contribution is 2.24. The number of aromatic nitrogens is 1. The zero-order valence-electron chi connectivity index (χ0n) is 13.8. The lowest BCUT2D eigenvalue weighted by Gasteiger charge is -2.25. The maximum absolute atomic E-state index is 12.5. The van der Waals surface area contributed by atoms with Gasteiger partial charge in [-0.2, -0.15) is 0 Å². The van der Waals surface area contributed by atoms with Crippen LogP contribution in [0.3, 0.4) is 0 Å². The lowest BCUT2D eigenvalue weighted by Crippen LogP contribution is -2.35. The van der Waals surface area contributed by atoms with Crippen LogP contribution in [0.15, 0.2) is 18.2 Å². The first-order valence-electron chi connectivity index (χ1n) is 7.87. The third-order valence-corrected chi connectivity index (χ3v) is 5.49. The van der Waals surface area contributed by atoms with E-state index in [1.165, 1.54) is 11.3 Å². The molecule has 1 aliphatic rings. The molecule has 0 radical (unpaired) electrons. The third-order valence-electron chi connectivity index (χ3n) is 3.94. The molecule has 3 rings (SSSR count). The van der Waals surface area contributed by atoms with E-state index >= 15 is 0 Å². The quantitative estimate of drug-likeness (QED) is 0.901. The van der Waals surface area contributed by atoms with Crippen LogP contribution in [0.2, 0.25) is 5.02 Å². The Morgan fingerprint density at radius 2 is 2.12 bits per heavy atom. The summed E-state index contributed by atoms with van der Waals surface area (Å²) in [6.07, 6.45) is 0. The summed E-state index contributed by atoms with van der Waals surface area (Å²) in [4.78, 5) is 20.0. The molecule has 2 heterocycles. The number of carbonyl (C=O) groups excluding carboxylic acids is 1. The van der Waals surface area contributed by atoms with Gasteiger partial charge in [-0.25, -0.2) is 4.98 Å². The van der Waals surface area contributed by atoms with Crippen molar-refractivity contribution < 1.29 is 9.53 Å². The van der Waals surface area contributed by atoms with Crippen molar-refractivity contribution in [2.24, 2.45) is 0 Å². The average molecular weight is 366 g/mol. The van der Waals surface area contributed by atoms with Crippen molar-refractivity contribution in [2.45, 2.75) is 20.4 Å². The van der Waals surface area contributed by atoms with Crippen LogP contribution in [0.1, 0.15) is 25.9 Å². The van der Waals surface area contributed by atoms with Gasteiger partial charge in [-0.1, -0.05) is 17.7 Å². The third kappa shape index (κ3) is 4.13. The number of rotatable bonds is 4. The molecule has 0 aliphatic carbocycles. The molecule has 0 spiro atoms. The van der Waals surface area contributed by atoms with Crippen LogP contribution in [0, 0.1) is 13.8 Å². The van der Waals surface area contributed by atoms with Crippen molar-refractivity contribution in [2.75, 3.05) is 31.6 Å². The van der Waals surface area contributed by atoms with Gasteiger partial charge in [-0.15, -0.1) is 11.3 Å². The normalized spacial score (nSPS) is 15.5. The van der Waals surface area contributed by atoms with E-state index < -0.39 is 0 Å². The maximum atomic E-state index is 12.5. The fraction of sp³-hybridized carbons (Fsp3) is 0.412. The van der Waals surface area contributed by atoms with Gasteiger partial charge in [0.2, 0.25) is 0 Å². The summed E-state index contributed by atoms with van der Waals surface area (Å²) in [5, 5.41) is 4.50.